The highest BCUT2D eigenvalue weighted by Gasteiger charge is 2.32. The molecule has 2 aromatic carbocycles. The summed E-state index contributed by atoms with van der Waals surface area (Å²) >= 11 is 0. The van der Waals surface area contributed by atoms with Crippen LogP contribution in [0.2, 0.25) is 0 Å². The smallest absolute Gasteiger partial charge is 0.253 e. The maximum Gasteiger partial charge on any atom is 0.253 e. The number of ether oxygens (including phenoxy) is 2. The van der Waals surface area contributed by atoms with Crippen molar-refractivity contribution in [3.05, 3.63) is 53.6 Å². The number of sulfonamides is 1. The molecule has 3 aliphatic heterocycles. The predicted octanol–water partition coefficient (Wildman–Crippen LogP) is 3.04. The third-order valence-corrected chi connectivity index (χ3v) is 8.92. The molecule has 2 saturated heterocycles. The van der Waals surface area contributed by atoms with E-state index in [9.17, 15) is 13.2 Å². The highest BCUT2D eigenvalue weighted by atomic mass is 32.2. The van der Waals surface area contributed by atoms with Crippen LogP contribution in [-0.4, -0.2) is 74.5 Å². The fraction of sp³-hybridized carbons (Fsp3) is 0.500. The van der Waals surface area contributed by atoms with Gasteiger partial charge in [-0.05, 0) is 60.2 Å². The Morgan fingerprint density at radius 3 is 2.26 bits per heavy atom. The van der Waals surface area contributed by atoms with Gasteiger partial charge in [0.1, 0.15) is 0 Å². The van der Waals surface area contributed by atoms with Crippen LogP contribution >= 0.6 is 0 Å². The molecule has 5 rings (SSSR count). The van der Waals surface area contributed by atoms with E-state index in [1.165, 1.54) is 0 Å². The second-order valence-electron chi connectivity index (χ2n) is 10.0. The number of rotatable bonds is 5. The van der Waals surface area contributed by atoms with Crippen LogP contribution in [-0.2, 0) is 16.6 Å². The highest BCUT2D eigenvalue weighted by molar-refractivity contribution is 7.89. The van der Waals surface area contributed by atoms with Crippen molar-refractivity contribution in [2.24, 2.45) is 11.8 Å². The topological polar surface area (TPSA) is 79.4 Å². The average molecular weight is 500 g/mol. The van der Waals surface area contributed by atoms with Gasteiger partial charge < -0.3 is 14.4 Å². The van der Waals surface area contributed by atoms with Crippen LogP contribution in [0.15, 0.2) is 47.4 Å². The van der Waals surface area contributed by atoms with E-state index >= 15 is 0 Å². The van der Waals surface area contributed by atoms with Crippen LogP contribution in [0.25, 0.3) is 0 Å². The predicted molar refractivity (Wildman–Crippen MR) is 132 cm³/mol. The molecule has 0 bridgehead atoms. The van der Waals surface area contributed by atoms with Crippen molar-refractivity contribution in [3.8, 4) is 11.5 Å². The second-order valence-corrected chi connectivity index (χ2v) is 12.0. The van der Waals surface area contributed by atoms with E-state index < -0.39 is 10.0 Å². The molecule has 2 aromatic rings. The molecule has 3 aliphatic rings. The highest BCUT2D eigenvalue weighted by Crippen LogP contribution is 2.33. The molecule has 0 saturated carbocycles. The molecule has 0 N–H and O–H groups in total. The number of hydrogen-bond donors (Lipinski definition) is 0. The van der Waals surface area contributed by atoms with Gasteiger partial charge in [0, 0.05) is 51.4 Å². The van der Waals surface area contributed by atoms with Crippen LogP contribution in [0.1, 0.15) is 36.2 Å². The number of carbonyl (C=O) groups excluding carboxylic acids is 1. The Morgan fingerprint density at radius 2 is 1.57 bits per heavy atom. The Bertz CT molecular complexity index is 1170. The molecular weight excluding hydrogens is 466 g/mol. The number of fused-ring (bicyclic) bond motifs is 1. The summed E-state index contributed by atoms with van der Waals surface area (Å²) in [6, 6.07) is 12.4. The molecule has 188 valence electrons. The van der Waals surface area contributed by atoms with Crippen molar-refractivity contribution in [2.75, 3.05) is 46.1 Å². The summed E-state index contributed by atoms with van der Waals surface area (Å²) in [6.45, 7) is 9.15. The molecular formula is C26H33N3O5S. The van der Waals surface area contributed by atoms with E-state index in [-0.39, 0.29) is 17.6 Å². The number of amides is 1. The summed E-state index contributed by atoms with van der Waals surface area (Å²) in [6.07, 6.45) is 1.05. The van der Waals surface area contributed by atoms with Gasteiger partial charge in [-0.2, -0.15) is 4.31 Å². The molecule has 1 amide bonds. The van der Waals surface area contributed by atoms with Crippen LogP contribution in [0.5, 0.6) is 11.5 Å². The van der Waals surface area contributed by atoms with Crippen molar-refractivity contribution < 1.29 is 22.7 Å². The van der Waals surface area contributed by atoms with E-state index in [1.807, 2.05) is 23.1 Å². The molecule has 3 heterocycles. The summed E-state index contributed by atoms with van der Waals surface area (Å²) < 4.78 is 38.7. The SMILES string of the molecule is C[C@H]1C[C@H](C)CN(S(=O)(=O)c2ccc(C(=O)N3CCN(Cc4ccc5c(c4)OCO5)CC3)cc2)C1. The van der Waals surface area contributed by atoms with Gasteiger partial charge in [-0.3, -0.25) is 9.69 Å². The van der Waals surface area contributed by atoms with Crippen LogP contribution in [0.4, 0.5) is 0 Å². The maximum atomic E-state index is 13.1. The normalized spacial score (nSPS) is 23.4. The Hall–Kier alpha value is -2.62. The zero-order chi connectivity index (χ0) is 24.6. The molecule has 2 fully saturated rings. The van der Waals surface area contributed by atoms with Crippen LogP contribution in [0, 0.1) is 11.8 Å². The lowest BCUT2D eigenvalue weighted by Crippen LogP contribution is -2.48. The molecule has 0 aliphatic carbocycles. The quantitative estimate of drug-likeness (QED) is 0.629. The van der Waals surface area contributed by atoms with Crippen molar-refractivity contribution in [3.63, 3.8) is 0 Å². The van der Waals surface area contributed by atoms with Gasteiger partial charge in [0.15, 0.2) is 11.5 Å². The Labute approximate surface area is 207 Å². The average Bonchev–Trinajstić information content (AvgIpc) is 3.31. The number of hydrogen-bond acceptors (Lipinski definition) is 6. The fourth-order valence-corrected chi connectivity index (χ4v) is 6.99. The largest absolute Gasteiger partial charge is 0.454 e. The third kappa shape index (κ3) is 5.17. The van der Waals surface area contributed by atoms with Gasteiger partial charge in [-0.1, -0.05) is 19.9 Å². The van der Waals surface area contributed by atoms with Gasteiger partial charge in [0.05, 0.1) is 4.90 Å². The summed E-state index contributed by atoms with van der Waals surface area (Å²) in [4.78, 5) is 17.5. The number of carbonyl (C=O) groups is 1. The first-order valence-electron chi connectivity index (χ1n) is 12.3. The number of benzene rings is 2. The van der Waals surface area contributed by atoms with Gasteiger partial charge in [-0.15, -0.1) is 0 Å². The number of nitrogens with zero attached hydrogens (tertiary/aromatic N) is 3. The summed E-state index contributed by atoms with van der Waals surface area (Å²) in [5.41, 5.74) is 1.68. The Kier molecular flexibility index (Phi) is 6.74. The Morgan fingerprint density at radius 1 is 0.914 bits per heavy atom. The van der Waals surface area contributed by atoms with Gasteiger partial charge >= 0.3 is 0 Å². The lowest BCUT2D eigenvalue weighted by molar-refractivity contribution is 0.0628. The number of piperidine rings is 1. The molecule has 35 heavy (non-hydrogen) atoms. The van der Waals surface area contributed by atoms with Gasteiger partial charge in [0.2, 0.25) is 16.8 Å². The van der Waals surface area contributed by atoms with Crippen molar-refractivity contribution in [2.45, 2.75) is 31.7 Å². The van der Waals surface area contributed by atoms with E-state index in [4.69, 9.17) is 9.47 Å². The molecule has 8 nitrogen and oxygen atoms in total. The van der Waals surface area contributed by atoms with Gasteiger partial charge in [-0.25, -0.2) is 8.42 Å². The molecule has 0 radical (unpaired) electrons. The summed E-state index contributed by atoms with van der Waals surface area (Å²) in [7, 11) is -3.55. The summed E-state index contributed by atoms with van der Waals surface area (Å²) in [5.74, 6) is 2.20. The monoisotopic (exact) mass is 499 g/mol. The zero-order valence-corrected chi connectivity index (χ0v) is 21.2. The minimum absolute atomic E-state index is 0.0584. The van der Waals surface area contributed by atoms with Crippen LogP contribution < -0.4 is 9.47 Å². The zero-order valence-electron chi connectivity index (χ0n) is 20.4. The lowest BCUT2D eigenvalue weighted by atomic mass is 9.94. The van der Waals surface area contributed by atoms with E-state index in [1.54, 1.807) is 28.6 Å². The third-order valence-electron chi connectivity index (χ3n) is 7.08. The Balaban J connectivity index is 1.17. The van der Waals surface area contributed by atoms with Gasteiger partial charge in [0.25, 0.3) is 5.91 Å². The first-order valence-corrected chi connectivity index (χ1v) is 13.7. The minimum Gasteiger partial charge on any atom is -0.454 e. The molecule has 9 heteroatoms. The first-order chi connectivity index (χ1) is 16.8. The maximum absolute atomic E-state index is 13.1. The minimum atomic E-state index is -3.55. The van der Waals surface area contributed by atoms with Crippen molar-refractivity contribution >= 4 is 15.9 Å². The van der Waals surface area contributed by atoms with Crippen molar-refractivity contribution in [1.82, 2.24) is 14.1 Å². The molecule has 0 spiro atoms. The van der Waals surface area contributed by atoms with Crippen LogP contribution in [0.3, 0.4) is 0 Å². The van der Waals surface area contributed by atoms with E-state index in [0.717, 1.165) is 43.1 Å². The summed E-state index contributed by atoms with van der Waals surface area (Å²) in [5, 5.41) is 0. The fourth-order valence-electron chi connectivity index (χ4n) is 5.31. The second kappa shape index (κ2) is 9.79. The number of piperazine rings is 1. The molecule has 2 atom stereocenters. The molecule has 0 unspecified atom stereocenters. The standard InChI is InChI=1S/C26H33N3O5S/c1-19-13-20(2)16-29(15-19)35(31,32)23-6-4-22(5-7-23)26(30)28-11-9-27(10-12-28)17-21-3-8-24-25(14-21)34-18-33-24/h3-8,14,19-20H,9-13,15-18H2,1-2H3/t19-,20-/m0/s1. The van der Waals surface area contributed by atoms with Crippen molar-refractivity contribution in [1.29, 1.82) is 0 Å². The van der Waals surface area contributed by atoms with E-state index in [0.29, 0.717) is 43.6 Å². The van der Waals surface area contributed by atoms with E-state index in [2.05, 4.69) is 18.7 Å². The lowest BCUT2D eigenvalue weighted by Gasteiger charge is -2.35. The first kappa shape index (κ1) is 24.1. The molecule has 0 aromatic heterocycles.